The molecule has 92 valence electrons. The van der Waals surface area contributed by atoms with Gasteiger partial charge in [0, 0.05) is 38.6 Å². The van der Waals surface area contributed by atoms with E-state index in [1.165, 1.54) is 0 Å². The lowest BCUT2D eigenvalue weighted by molar-refractivity contribution is 0.0716. The van der Waals surface area contributed by atoms with E-state index < -0.39 is 0 Å². The van der Waals surface area contributed by atoms with Crippen molar-refractivity contribution in [1.29, 1.82) is 0 Å². The first-order valence-corrected chi connectivity index (χ1v) is 5.98. The van der Waals surface area contributed by atoms with Gasteiger partial charge in [0.15, 0.2) is 0 Å². The Morgan fingerprint density at radius 3 is 3.06 bits per heavy atom. The Kier molecular flexibility index (Phi) is 3.43. The Morgan fingerprint density at radius 2 is 2.35 bits per heavy atom. The zero-order chi connectivity index (χ0) is 12.3. The molecular weight excluding hydrogens is 214 g/mol. The van der Waals surface area contributed by atoms with Crippen molar-refractivity contribution in [2.24, 2.45) is 5.41 Å². The number of amides is 1. The van der Waals surface area contributed by atoms with Crippen molar-refractivity contribution in [3.05, 3.63) is 30.1 Å². The van der Waals surface area contributed by atoms with Crippen LogP contribution < -0.4 is 5.32 Å². The summed E-state index contributed by atoms with van der Waals surface area (Å²) >= 11 is 0. The zero-order valence-electron chi connectivity index (χ0n) is 10.4. The van der Waals surface area contributed by atoms with Gasteiger partial charge in [0.1, 0.15) is 0 Å². The number of aromatic nitrogens is 1. The van der Waals surface area contributed by atoms with Crippen molar-refractivity contribution in [2.75, 3.05) is 26.2 Å². The van der Waals surface area contributed by atoms with Crippen LogP contribution in [-0.2, 0) is 0 Å². The van der Waals surface area contributed by atoms with E-state index in [4.69, 9.17) is 0 Å². The van der Waals surface area contributed by atoms with E-state index in [9.17, 15) is 4.79 Å². The third kappa shape index (κ3) is 3.03. The van der Waals surface area contributed by atoms with Crippen LogP contribution in [0.5, 0.6) is 0 Å². The van der Waals surface area contributed by atoms with Crippen LogP contribution in [-0.4, -0.2) is 42.0 Å². The van der Waals surface area contributed by atoms with Crippen molar-refractivity contribution < 1.29 is 4.79 Å². The molecule has 0 aromatic carbocycles. The normalized spacial score (nSPS) is 19.8. The Labute approximate surface area is 102 Å². The van der Waals surface area contributed by atoms with Gasteiger partial charge in [-0.2, -0.15) is 0 Å². The molecule has 2 heterocycles. The van der Waals surface area contributed by atoms with E-state index in [2.05, 4.69) is 24.1 Å². The van der Waals surface area contributed by atoms with Crippen molar-refractivity contribution in [1.82, 2.24) is 15.2 Å². The van der Waals surface area contributed by atoms with Crippen molar-refractivity contribution in [3.8, 4) is 0 Å². The molecule has 2 rings (SSSR count). The smallest absolute Gasteiger partial charge is 0.255 e. The number of carbonyl (C=O) groups is 1. The Bertz CT molecular complexity index is 389. The van der Waals surface area contributed by atoms with Gasteiger partial charge >= 0.3 is 0 Å². The molecule has 0 bridgehead atoms. The minimum Gasteiger partial charge on any atom is -0.337 e. The van der Waals surface area contributed by atoms with E-state index in [1.54, 1.807) is 18.5 Å². The zero-order valence-corrected chi connectivity index (χ0v) is 10.4. The highest BCUT2D eigenvalue weighted by atomic mass is 16.2. The Morgan fingerprint density at radius 1 is 1.53 bits per heavy atom. The van der Waals surface area contributed by atoms with Crippen LogP contribution in [0.15, 0.2) is 24.5 Å². The maximum Gasteiger partial charge on any atom is 0.255 e. The number of pyridine rings is 1. The first-order chi connectivity index (χ1) is 8.08. The summed E-state index contributed by atoms with van der Waals surface area (Å²) in [5, 5.41) is 3.36. The fraction of sp³-hybridized carbons (Fsp3) is 0.538. The van der Waals surface area contributed by atoms with E-state index in [0.717, 1.165) is 26.2 Å². The average Bonchev–Trinajstić information content (AvgIpc) is 2.50. The molecule has 1 aliphatic rings. The maximum absolute atomic E-state index is 12.3. The minimum absolute atomic E-state index is 0.0786. The molecule has 0 radical (unpaired) electrons. The van der Waals surface area contributed by atoms with Crippen LogP contribution in [0.3, 0.4) is 0 Å². The largest absolute Gasteiger partial charge is 0.337 e. The summed E-state index contributed by atoms with van der Waals surface area (Å²) in [4.78, 5) is 18.2. The third-order valence-electron chi connectivity index (χ3n) is 2.98. The molecule has 4 nitrogen and oxygen atoms in total. The number of hydrogen-bond acceptors (Lipinski definition) is 3. The van der Waals surface area contributed by atoms with E-state index >= 15 is 0 Å². The lowest BCUT2D eigenvalue weighted by atomic mass is 9.93. The third-order valence-corrected chi connectivity index (χ3v) is 2.98. The second kappa shape index (κ2) is 4.84. The molecule has 1 fully saturated rings. The van der Waals surface area contributed by atoms with Gasteiger partial charge in [-0.25, -0.2) is 0 Å². The fourth-order valence-electron chi connectivity index (χ4n) is 2.14. The molecule has 4 heteroatoms. The van der Waals surface area contributed by atoms with Crippen LogP contribution in [0, 0.1) is 5.41 Å². The summed E-state index contributed by atoms with van der Waals surface area (Å²) in [6.45, 7) is 7.70. The molecule has 0 unspecified atom stereocenters. The van der Waals surface area contributed by atoms with Crippen LogP contribution >= 0.6 is 0 Å². The first-order valence-electron chi connectivity index (χ1n) is 5.98. The van der Waals surface area contributed by atoms with Crippen LogP contribution in [0.1, 0.15) is 24.2 Å². The second-order valence-corrected chi connectivity index (χ2v) is 5.31. The molecule has 1 amide bonds. The van der Waals surface area contributed by atoms with Gasteiger partial charge < -0.3 is 10.2 Å². The van der Waals surface area contributed by atoms with Gasteiger partial charge in [0.05, 0.1) is 5.56 Å². The number of hydrogen-bond donors (Lipinski definition) is 1. The summed E-state index contributed by atoms with van der Waals surface area (Å²) in [6, 6.07) is 3.62. The Balaban J connectivity index is 2.13. The molecule has 1 aliphatic heterocycles. The summed E-state index contributed by atoms with van der Waals surface area (Å²) in [6.07, 6.45) is 3.32. The van der Waals surface area contributed by atoms with Crippen LogP contribution in [0.2, 0.25) is 0 Å². The quantitative estimate of drug-likeness (QED) is 0.791. The molecule has 17 heavy (non-hydrogen) atoms. The lowest BCUT2D eigenvalue weighted by Gasteiger charge is -2.29. The standard InChI is InChI=1S/C13H19N3O/c1-13(2)9-15-6-7-16(10-13)12(17)11-4-3-5-14-8-11/h3-5,8,15H,6-7,9-10H2,1-2H3. The summed E-state index contributed by atoms with van der Waals surface area (Å²) in [5.41, 5.74) is 0.791. The van der Waals surface area contributed by atoms with Crippen LogP contribution in [0.25, 0.3) is 0 Å². The number of nitrogens with one attached hydrogen (secondary N) is 1. The number of nitrogens with zero attached hydrogens (tertiary/aromatic N) is 2. The van der Waals surface area contributed by atoms with Gasteiger partial charge in [0.2, 0.25) is 0 Å². The van der Waals surface area contributed by atoms with E-state index in [0.29, 0.717) is 5.56 Å². The monoisotopic (exact) mass is 233 g/mol. The predicted molar refractivity (Wildman–Crippen MR) is 66.8 cm³/mol. The lowest BCUT2D eigenvalue weighted by Crippen LogP contribution is -2.39. The van der Waals surface area contributed by atoms with Crippen molar-refractivity contribution in [3.63, 3.8) is 0 Å². The molecule has 1 aromatic rings. The Hall–Kier alpha value is -1.42. The van der Waals surface area contributed by atoms with Crippen molar-refractivity contribution in [2.45, 2.75) is 13.8 Å². The predicted octanol–water partition coefficient (Wildman–Crippen LogP) is 1.15. The fourth-order valence-corrected chi connectivity index (χ4v) is 2.14. The second-order valence-electron chi connectivity index (χ2n) is 5.31. The highest BCUT2D eigenvalue weighted by Crippen LogP contribution is 2.19. The highest BCUT2D eigenvalue weighted by Gasteiger charge is 2.27. The topological polar surface area (TPSA) is 45.2 Å². The summed E-state index contributed by atoms with van der Waals surface area (Å²) in [5.74, 6) is 0.0786. The maximum atomic E-state index is 12.3. The molecular formula is C13H19N3O. The first kappa shape index (κ1) is 12.0. The molecule has 0 spiro atoms. The molecule has 1 saturated heterocycles. The molecule has 1 N–H and O–H groups in total. The minimum atomic E-state index is 0.0786. The molecule has 0 saturated carbocycles. The highest BCUT2D eigenvalue weighted by molar-refractivity contribution is 5.93. The molecule has 0 aliphatic carbocycles. The van der Waals surface area contributed by atoms with E-state index in [-0.39, 0.29) is 11.3 Å². The van der Waals surface area contributed by atoms with Gasteiger partial charge in [-0.15, -0.1) is 0 Å². The SMILES string of the molecule is CC1(C)CNCCN(C(=O)c2cccnc2)C1. The van der Waals surface area contributed by atoms with E-state index in [1.807, 2.05) is 11.0 Å². The molecule has 1 aromatic heterocycles. The van der Waals surface area contributed by atoms with Crippen LogP contribution in [0.4, 0.5) is 0 Å². The average molecular weight is 233 g/mol. The van der Waals surface area contributed by atoms with Crippen molar-refractivity contribution >= 4 is 5.91 Å². The van der Waals surface area contributed by atoms with Gasteiger partial charge in [-0.05, 0) is 17.5 Å². The van der Waals surface area contributed by atoms with Gasteiger partial charge in [-0.3, -0.25) is 9.78 Å². The summed E-state index contributed by atoms with van der Waals surface area (Å²) in [7, 11) is 0. The summed E-state index contributed by atoms with van der Waals surface area (Å²) < 4.78 is 0. The van der Waals surface area contributed by atoms with Gasteiger partial charge in [-0.1, -0.05) is 13.8 Å². The van der Waals surface area contributed by atoms with Gasteiger partial charge in [0.25, 0.3) is 5.91 Å². The number of rotatable bonds is 1. The number of carbonyl (C=O) groups excluding carboxylic acids is 1. The molecule has 0 atom stereocenters.